The molecular formula is C11H11FN2O2. The normalized spacial score (nSPS) is 12.9. The summed E-state index contributed by atoms with van der Waals surface area (Å²) in [7, 11) is 0. The largest absolute Gasteiger partial charge is 0.481 e. The fourth-order valence-electron chi connectivity index (χ4n) is 1.57. The fraction of sp³-hybridized carbons (Fsp3) is 0.273. The van der Waals surface area contributed by atoms with Crippen molar-refractivity contribution in [1.82, 2.24) is 9.97 Å². The van der Waals surface area contributed by atoms with Crippen LogP contribution in [0.5, 0.6) is 0 Å². The molecule has 2 aromatic rings. The molecule has 84 valence electrons. The maximum absolute atomic E-state index is 12.9. The molecule has 2 rings (SSSR count). The molecule has 0 saturated carbocycles. The third-order valence-corrected chi connectivity index (χ3v) is 2.44. The van der Waals surface area contributed by atoms with E-state index in [0.717, 1.165) is 11.9 Å². The van der Waals surface area contributed by atoms with Crippen LogP contribution in [0.1, 0.15) is 12.6 Å². The molecule has 0 bridgehead atoms. The highest BCUT2D eigenvalue weighted by molar-refractivity contribution is 5.77. The van der Waals surface area contributed by atoms with Gasteiger partial charge in [0, 0.05) is 17.5 Å². The van der Waals surface area contributed by atoms with Crippen LogP contribution >= 0.6 is 0 Å². The maximum atomic E-state index is 12.9. The Balaban J connectivity index is 2.29. The Morgan fingerprint density at radius 2 is 2.38 bits per heavy atom. The molecule has 0 aliphatic carbocycles. The quantitative estimate of drug-likeness (QED) is 0.834. The van der Waals surface area contributed by atoms with E-state index >= 15 is 0 Å². The SMILES string of the molecule is CC(Cc1cc2cc(F)cnc2[nH]1)C(=O)O. The summed E-state index contributed by atoms with van der Waals surface area (Å²) in [4.78, 5) is 17.5. The number of carboxylic acids is 1. The molecule has 0 aromatic carbocycles. The van der Waals surface area contributed by atoms with Crippen LogP contribution in [0.3, 0.4) is 0 Å². The zero-order chi connectivity index (χ0) is 11.7. The van der Waals surface area contributed by atoms with Crippen molar-refractivity contribution in [3.63, 3.8) is 0 Å². The van der Waals surface area contributed by atoms with Gasteiger partial charge in [-0.15, -0.1) is 0 Å². The van der Waals surface area contributed by atoms with Gasteiger partial charge in [-0.2, -0.15) is 0 Å². The molecule has 0 saturated heterocycles. The zero-order valence-electron chi connectivity index (χ0n) is 8.70. The number of fused-ring (bicyclic) bond motifs is 1. The Bertz CT molecular complexity index is 536. The molecule has 0 aliphatic rings. The summed E-state index contributed by atoms with van der Waals surface area (Å²) < 4.78 is 12.9. The Kier molecular flexibility index (Phi) is 2.60. The van der Waals surface area contributed by atoms with Crippen LogP contribution in [0.25, 0.3) is 11.0 Å². The minimum Gasteiger partial charge on any atom is -0.481 e. The van der Waals surface area contributed by atoms with Gasteiger partial charge in [-0.1, -0.05) is 6.92 Å². The lowest BCUT2D eigenvalue weighted by Crippen LogP contribution is -2.12. The van der Waals surface area contributed by atoms with E-state index in [1.165, 1.54) is 6.07 Å². The summed E-state index contributed by atoms with van der Waals surface area (Å²) in [5.41, 5.74) is 1.33. The van der Waals surface area contributed by atoms with E-state index in [4.69, 9.17) is 5.11 Å². The molecule has 4 nitrogen and oxygen atoms in total. The standard InChI is InChI=1S/C11H11FN2O2/c1-6(11(15)16)2-9-4-7-3-8(12)5-13-10(7)14-9/h3-6H,2H2,1H3,(H,13,14)(H,15,16). The van der Waals surface area contributed by atoms with Crippen LogP contribution in [0.15, 0.2) is 18.3 Å². The van der Waals surface area contributed by atoms with Crippen molar-refractivity contribution in [2.45, 2.75) is 13.3 Å². The first kappa shape index (κ1) is 10.6. The van der Waals surface area contributed by atoms with E-state index in [0.29, 0.717) is 17.5 Å². The van der Waals surface area contributed by atoms with Crippen LogP contribution in [0.2, 0.25) is 0 Å². The number of nitrogens with zero attached hydrogens (tertiary/aromatic N) is 1. The minimum absolute atomic E-state index is 0.382. The minimum atomic E-state index is -0.849. The predicted molar refractivity (Wildman–Crippen MR) is 56.6 cm³/mol. The van der Waals surface area contributed by atoms with Crippen molar-refractivity contribution in [3.8, 4) is 0 Å². The molecule has 5 heteroatoms. The van der Waals surface area contributed by atoms with Gasteiger partial charge in [0.1, 0.15) is 11.5 Å². The molecule has 16 heavy (non-hydrogen) atoms. The molecule has 1 atom stereocenters. The van der Waals surface area contributed by atoms with Crippen molar-refractivity contribution >= 4 is 17.0 Å². The van der Waals surface area contributed by atoms with E-state index < -0.39 is 17.7 Å². The Hall–Kier alpha value is -1.91. The second-order valence-electron chi connectivity index (χ2n) is 3.83. The summed E-state index contributed by atoms with van der Waals surface area (Å²) in [5, 5.41) is 9.43. The number of nitrogens with one attached hydrogen (secondary N) is 1. The van der Waals surface area contributed by atoms with Gasteiger partial charge in [0.15, 0.2) is 0 Å². The van der Waals surface area contributed by atoms with E-state index in [1.54, 1.807) is 13.0 Å². The first-order valence-electron chi connectivity index (χ1n) is 4.92. The summed E-state index contributed by atoms with van der Waals surface area (Å²) in [5.74, 6) is -1.72. The molecule has 2 aromatic heterocycles. The highest BCUT2D eigenvalue weighted by Gasteiger charge is 2.13. The van der Waals surface area contributed by atoms with E-state index in [1.807, 2.05) is 0 Å². The lowest BCUT2D eigenvalue weighted by molar-refractivity contribution is -0.141. The number of aliphatic carboxylic acids is 1. The molecule has 2 heterocycles. The second-order valence-corrected chi connectivity index (χ2v) is 3.83. The van der Waals surface area contributed by atoms with Crippen LogP contribution in [0, 0.1) is 11.7 Å². The number of hydrogen-bond donors (Lipinski definition) is 2. The van der Waals surface area contributed by atoms with Crippen LogP contribution in [0.4, 0.5) is 4.39 Å². The van der Waals surface area contributed by atoms with E-state index in [2.05, 4.69) is 9.97 Å². The van der Waals surface area contributed by atoms with Gasteiger partial charge in [-0.25, -0.2) is 9.37 Å². The summed E-state index contributed by atoms with van der Waals surface area (Å²) in [6, 6.07) is 3.10. The number of aromatic nitrogens is 2. The fourth-order valence-corrected chi connectivity index (χ4v) is 1.57. The number of carbonyl (C=O) groups is 1. The molecular weight excluding hydrogens is 211 g/mol. The van der Waals surface area contributed by atoms with Gasteiger partial charge in [0.05, 0.1) is 12.1 Å². The van der Waals surface area contributed by atoms with Gasteiger partial charge < -0.3 is 10.1 Å². The average molecular weight is 222 g/mol. The van der Waals surface area contributed by atoms with E-state index in [-0.39, 0.29) is 0 Å². The number of rotatable bonds is 3. The van der Waals surface area contributed by atoms with Gasteiger partial charge in [0.25, 0.3) is 0 Å². The number of halogens is 1. The van der Waals surface area contributed by atoms with Crippen molar-refractivity contribution in [3.05, 3.63) is 29.8 Å². The number of H-pyrrole nitrogens is 1. The second kappa shape index (κ2) is 3.92. The topological polar surface area (TPSA) is 66.0 Å². The lowest BCUT2D eigenvalue weighted by Gasteiger charge is -2.02. The Morgan fingerprint density at radius 1 is 1.62 bits per heavy atom. The van der Waals surface area contributed by atoms with Crippen molar-refractivity contribution in [2.75, 3.05) is 0 Å². The molecule has 0 spiro atoms. The third kappa shape index (κ3) is 2.03. The van der Waals surface area contributed by atoms with Crippen molar-refractivity contribution < 1.29 is 14.3 Å². The Labute approximate surface area is 91.1 Å². The van der Waals surface area contributed by atoms with Crippen molar-refractivity contribution in [2.24, 2.45) is 5.92 Å². The summed E-state index contributed by atoms with van der Waals surface area (Å²) in [6.45, 7) is 1.63. The number of aromatic amines is 1. The zero-order valence-corrected chi connectivity index (χ0v) is 8.70. The van der Waals surface area contributed by atoms with Crippen molar-refractivity contribution in [1.29, 1.82) is 0 Å². The van der Waals surface area contributed by atoms with Gasteiger partial charge >= 0.3 is 5.97 Å². The third-order valence-electron chi connectivity index (χ3n) is 2.44. The monoisotopic (exact) mass is 222 g/mol. The lowest BCUT2D eigenvalue weighted by atomic mass is 10.1. The average Bonchev–Trinajstić information content (AvgIpc) is 2.58. The number of carboxylic acid groups (broad SMARTS) is 1. The van der Waals surface area contributed by atoms with Crippen LogP contribution in [-0.4, -0.2) is 21.0 Å². The van der Waals surface area contributed by atoms with Crippen LogP contribution < -0.4 is 0 Å². The summed E-state index contributed by atoms with van der Waals surface area (Å²) >= 11 is 0. The number of pyridine rings is 1. The smallest absolute Gasteiger partial charge is 0.306 e. The first-order valence-corrected chi connectivity index (χ1v) is 4.92. The molecule has 1 unspecified atom stereocenters. The molecule has 0 aliphatic heterocycles. The Morgan fingerprint density at radius 3 is 3.06 bits per heavy atom. The summed E-state index contributed by atoms with van der Waals surface area (Å²) in [6.07, 6.45) is 1.51. The maximum Gasteiger partial charge on any atom is 0.306 e. The van der Waals surface area contributed by atoms with Gasteiger partial charge in [-0.05, 0) is 12.1 Å². The molecule has 2 N–H and O–H groups in total. The number of hydrogen-bond acceptors (Lipinski definition) is 2. The predicted octanol–water partition coefficient (Wildman–Crippen LogP) is 1.97. The highest BCUT2D eigenvalue weighted by atomic mass is 19.1. The van der Waals surface area contributed by atoms with Gasteiger partial charge in [0.2, 0.25) is 0 Å². The molecule has 0 amide bonds. The van der Waals surface area contributed by atoms with Gasteiger partial charge in [-0.3, -0.25) is 4.79 Å². The highest BCUT2D eigenvalue weighted by Crippen LogP contribution is 2.16. The van der Waals surface area contributed by atoms with Crippen LogP contribution in [-0.2, 0) is 11.2 Å². The first-order chi connectivity index (χ1) is 7.56. The molecule has 0 radical (unpaired) electrons. The molecule has 0 fully saturated rings. The van der Waals surface area contributed by atoms with E-state index in [9.17, 15) is 9.18 Å².